The number of piperidine rings is 1. The van der Waals surface area contributed by atoms with E-state index >= 15 is 0 Å². The van der Waals surface area contributed by atoms with Gasteiger partial charge in [-0.2, -0.15) is 0 Å². The predicted octanol–water partition coefficient (Wildman–Crippen LogP) is 1.52. The summed E-state index contributed by atoms with van der Waals surface area (Å²) in [5, 5.41) is 0. The third-order valence-electron chi connectivity index (χ3n) is 4.17. The molecule has 0 aliphatic carbocycles. The average molecular weight is 296 g/mol. The van der Waals surface area contributed by atoms with Crippen molar-refractivity contribution in [3.63, 3.8) is 0 Å². The van der Waals surface area contributed by atoms with Gasteiger partial charge in [0.2, 0.25) is 0 Å². The van der Waals surface area contributed by atoms with Gasteiger partial charge in [-0.15, -0.1) is 0 Å². The Kier molecular flexibility index (Phi) is 4.52. The zero-order chi connectivity index (χ0) is 14.8. The van der Waals surface area contributed by atoms with Crippen molar-refractivity contribution in [2.24, 2.45) is 11.1 Å². The van der Waals surface area contributed by atoms with Crippen molar-refractivity contribution in [3.05, 3.63) is 30.3 Å². The van der Waals surface area contributed by atoms with Gasteiger partial charge in [0.15, 0.2) is 9.84 Å². The number of hydrogen-bond acceptors (Lipinski definition) is 4. The highest BCUT2D eigenvalue weighted by atomic mass is 32.2. The molecule has 1 unspecified atom stereocenters. The number of nitrogens with zero attached hydrogens (tertiary/aromatic N) is 1. The largest absolute Gasteiger partial charge is 0.327 e. The summed E-state index contributed by atoms with van der Waals surface area (Å²) in [5.74, 6) is 0.169. The molecule has 0 radical (unpaired) electrons. The predicted molar refractivity (Wildman–Crippen MR) is 81.3 cm³/mol. The van der Waals surface area contributed by atoms with Crippen molar-refractivity contribution in [1.82, 2.24) is 4.90 Å². The summed E-state index contributed by atoms with van der Waals surface area (Å²) in [6.07, 6.45) is 0.929. The van der Waals surface area contributed by atoms with E-state index in [9.17, 15) is 8.42 Å². The average Bonchev–Trinajstić information content (AvgIpc) is 2.41. The minimum atomic E-state index is -3.18. The molecule has 5 heteroatoms. The fourth-order valence-electron chi connectivity index (χ4n) is 2.67. The number of hydrogen-bond donors (Lipinski definition) is 1. The lowest BCUT2D eigenvalue weighted by atomic mass is 9.80. The molecule has 1 heterocycles. The van der Waals surface area contributed by atoms with E-state index in [4.69, 9.17) is 5.73 Å². The number of benzene rings is 1. The lowest BCUT2D eigenvalue weighted by Crippen LogP contribution is -2.53. The van der Waals surface area contributed by atoms with Crippen molar-refractivity contribution in [1.29, 1.82) is 0 Å². The molecule has 0 amide bonds. The molecule has 1 aromatic carbocycles. The Morgan fingerprint density at radius 3 is 2.55 bits per heavy atom. The van der Waals surface area contributed by atoms with Gasteiger partial charge in [0.05, 0.1) is 10.6 Å². The van der Waals surface area contributed by atoms with E-state index in [1.807, 2.05) is 6.07 Å². The molecule has 1 fully saturated rings. The van der Waals surface area contributed by atoms with Crippen molar-refractivity contribution in [2.45, 2.75) is 31.2 Å². The monoisotopic (exact) mass is 296 g/mol. The Labute approximate surface area is 121 Å². The van der Waals surface area contributed by atoms with Crippen LogP contribution >= 0.6 is 0 Å². The Morgan fingerprint density at radius 2 is 1.95 bits per heavy atom. The topological polar surface area (TPSA) is 63.4 Å². The first kappa shape index (κ1) is 15.5. The van der Waals surface area contributed by atoms with Gasteiger partial charge < -0.3 is 10.6 Å². The quantitative estimate of drug-likeness (QED) is 0.915. The highest BCUT2D eigenvalue weighted by Gasteiger charge is 2.33. The highest BCUT2D eigenvalue weighted by Crippen LogP contribution is 2.27. The molecule has 112 valence electrons. The molecule has 0 saturated carbocycles. The number of rotatable bonds is 4. The van der Waals surface area contributed by atoms with E-state index in [1.165, 1.54) is 0 Å². The first-order valence-corrected chi connectivity index (χ1v) is 8.72. The second-order valence-corrected chi connectivity index (χ2v) is 8.40. The molecule has 1 saturated heterocycles. The summed E-state index contributed by atoms with van der Waals surface area (Å²) in [6, 6.07) is 8.86. The van der Waals surface area contributed by atoms with Crippen LogP contribution in [0.1, 0.15) is 20.3 Å². The molecule has 2 N–H and O–H groups in total. The number of nitrogens with two attached hydrogens (primary N) is 1. The zero-order valence-electron chi connectivity index (χ0n) is 12.2. The number of sulfone groups is 1. The van der Waals surface area contributed by atoms with Crippen LogP contribution in [0.2, 0.25) is 0 Å². The molecule has 20 heavy (non-hydrogen) atoms. The van der Waals surface area contributed by atoms with E-state index in [0.717, 1.165) is 19.5 Å². The fourth-order valence-corrected chi connectivity index (χ4v) is 3.98. The smallest absolute Gasteiger partial charge is 0.179 e. The van der Waals surface area contributed by atoms with Crippen LogP contribution in [0, 0.1) is 5.41 Å². The molecule has 1 aromatic rings. The van der Waals surface area contributed by atoms with Crippen LogP contribution in [-0.2, 0) is 9.84 Å². The maximum atomic E-state index is 12.2. The van der Waals surface area contributed by atoms with E-state index < -0.39 is 9.84 Å². The minimum Gasteiger partial charge on any atom is -0.327 e. The Hall–Kier alpha value is -0.910. The molecule has 1 atom stereocenters. The van der Waals surface area contributed by atoms with E-state index in [2.05, 4.69) is 18.7 Å². The van der Waals surface area contributed by atoms with Gasteiger partial charge in [-0.25, -0.2) is 8.42 Å². The Bertz CT molecular complexity index is 540. The van der Waals surface area contributed by atoms with Gasteiger partial charge in [0.25, 0.3) is 0 Å². The van der Waals surface area contributed by atoms with Crippen LogP contribution in [0.5, 0.6) is 0 Å². The molecular formula is C15H24N2O2S. The minimum absolute atomic E-state index is 0.0504. The maximum Gasteiger partial charge on any atom is 0.179 e. The molecule has 2 rings (SSSR count). The second-order valence-electron chi connectivity index (χ2n) is 6.29. The molecule has 0 aromatic heterocycles. The number of likely N-dealkylation sites (tertiary alicyclic amines) is 1. The lowest BCUT2D eigenvalue weighted by molar-refractivity contribution is 0.101. The van der Waals surface area contributed by atoms with Crippen LogP contribution in [0.25, 0.3) is 0 Å². The normalized spacial score (nSPS) is 23.6. The third kappa shape index (κ3) is 3.59. The van der Waals surface area contributed by atoms with Crippen LogP contribution in [-0.4, -0.2) is 44.7 Å². The van der Waals surface area contributed by atoms with E-state index in [-0.39, 0.29) is 17.2 Å². The van der Waals surface area contributed by atoms with Crippen molar-refractivity contribution < 1.29 is 8.42 Å². The highest BCUT2D eigenvalue weighted by molar-refractivity contribution is 7.91. The molecule has 0 spiro atoms. The first-order valence-electron chi connectivity index (χ1n) is 7.07. The Morgan fingerprint density at radius 1 is 1.30 bits per heavy atom. The van der Waals surface area contributed by atoms with Gasteiger partial charge in [0.1, 0.15) is 0 Å². The Balaban J connectivity index is 1.96. The third-order valence-corrected chi connectivity index (χ3v) is 5.88. The van der Waals surface area contributed by atoms with Crippen molar-refractivity contribution in [3.8, 4) is 0 Å². The van der Waals surface area contributed by atoms with Gasteiger partial charge in [-0.3, -0.25) is 0 Å². The van der Waals surface area contributed by atoms with Crippen molar-refractivity contribution in [2.75, 3.05) is 25.4 Å². The SMILES string of the molecule is CC1(C)CN(CCS(=O)(=O)c2ccccc2)CCC1N. The summed E-state index contributed by atoms with van der Waals surface area (Å²) >= 11 is 0. The molecule has 1 aliphatic heterocycles. The maximum absolute atomic E-state index is 12.2. The van der Waals surface area contributed by atoms with E-state index in [1.54, 1.807) is 24.3 Å². The van der Waals surface area contributed by atoms with Gasteiger partial charge in [-0.05, 0) is 30.5 Å². The van der Waals surface area contributed by atoms with Gasteiger partial charge in [0, 0.05) is 19.1 Å². The lowest BCUT2D eigenvalue weighted by Gasteiger charge is -2.42. The first-order chi connectivity index (χ1) is 9.31. The van der Waals surface area contributed by atoms with Crippen LogP contribution in [0.4, 0.5) is 0 Å². The molecule has 1 aliphatic rings. The second kappa shape index (κ2) is 5.84. The fraction of sp³-hybridized carbons (Fsp3) is 0.600. The summed E-state index contributed by atoms with van der Waals surface area (Å²) in [6.45, 7) is 6.62. The van der Waals surface area contributed by atoms with Crippen molar-refractivity contribution >= 4 is 9.84 Å². The van der Waals surface area contributed by atoms with Crippen LogP contribution in [0.3, 0.4) is 0 Å². The summed E-state index contributed by atoms with van der Waals surface area (Å²) in [4.78, 5) is 2.62. The van der Waals surface area contributed by atoms with Crippen LogP contribution < -0.4 is 5.73 Å². The summed E-state index contributed by atoms with van der Waals surface area (Å²) in [7, 11) is -3.18. The molecule has 4 nitrogen and oxygen atoms in total. The van der Waals surface area contributed by atoms with Crippen LogP contribution in [0.15, 0.2) is 35.2 Å². The zero-order valence-corrected chi connectivity index (χ0v) is 13.1. The van der Waals surface area contributed by atoms with Gasteiger partial charge in [-0.1, -0.05) is 32.0 Å². The van der Waals surface area contributed by atoms with E-state index in [0.29, 0.717) is 11.4 Å². The summed E-state index contributed by atoms with van der Waals surface area (Å²) < 4.78 is 24.5. The molecular weight excluding hydrogens is 272 g/mol. The summed E-state index contributed by atoms with van der Waals surface area (Å²) in [5.41, 5.74) is 6.15. The standard InChI is InChI=1S/C15H24N2O2S/c1-15(2)12-17(9-8-14(15)16)10-11-20(18,19)13-6-4-3-5-7-13/h3-7,14H,8-12,16H2,1-2H3. The molecule has 0 bridgehead atoms. The van der Waals surface area contributed by atoms with Gasteiger partial charge >= 0.3 is 0 Å².